The number of rotatable bonds is 2. The Bertz CT molecular complexity index is 519. The van der Waals surface area contributed by atoms with Crippen LogP contribution in [0.5, 0.6) is 0 Å². The van der Waals surface area contributed by atoms with Crippen LogP contribution in [0.3, 0.4) is 0 Å². The van der Waals surface area contributed by atoms with Gasteiger partial charge in [-0.2, -0.15) is 0 Å². The Balaban J connectivity index is 2.31. The van der Waals surface area contributed by atoms with Gasteiger partial charge < -0.3 is 10.0 Å². The lowest BCUT2D eigenvalue weighted by Crippen LogP contribution is -2.48. The molecule has 1 amide bonds. The molecule has 0 aliphatic carbocycles. The third-order valence-electron chi connectivity index (χ3n) is 3.21. The van der Waals surface area contributed by atoms with Gasteiger partial charge in [0.2, 0.25) is 0 Å². The van der Waals surface area contributed by atoms with Gasteiger partial charge in [0, 0.05) is 11.6 Å². The normalized spacial score (nSPS) is 19.3. The van der Waals surface area contributed by atoms with Gasteiger partial charge in [-0.3, -0.25) is 4.79 Å². The summed E-state index contributed by atoms with van der Waals surface area (Å²) < 4.78 is 0. The predicted octanol–water partition coefficient (Wildman–Crippen LogP) is 3.07. The van der Waals surface area contributed by atoms with E-state index in [-0.39, 0.29) is 16.5 Å². The van der Waals surface area contributed by atoms with Gasteiger partial charge in [0.05, 0.1) is 10.6 Å². The largest absolute Gasteiger partial charge is 0.480 e. The fourth-order valence-corrected chi connectivity index (χ4v) is 2.62. The molecule has 1 saturated heterocycles. The Morgan fingerprint density at radius 3 is 2.68 bits per heavy atom. The highest BCUT2D eigenvalue weighted by Crippen LogP contribution is 2.25. The van der Waals surface area contributed by atoms with Gasteiger partial charge in [0.25, 0.3) is 5.91 Å². The van der Waals surface area contributed by atoms with Gasteiger partial charge in [0.15, 0.2) is 0 Å². The maximum absolute atomic E-state index is 12.4. The first-order chi connectivity index (χ1) is 9.00. The van der Waals surface area contributed by atoms with E-state index >= 15 is 0 Å². The van der Waals surface area contributed by atoms with E-state index in [1.807, 2.05) is 0 Å². The molecule has 19 heavy (non-hydrogen) atoms. The van der Waals surface area contributed by atoms with Gasteiger partial charge in [0.1, 0.15) is 6.04 Å². The van der Waals surface area contributed by atoms with Crippen LogP contribution in [0.15, 0.2) is 18.2 Å². The van der Waals surface area contributed by atoms with Crippen LogP contribution in [0, 0.1) is 0 Å². The van der Waals surface area contributed by atoms with Crippen molar-refractivity contribution in [3.63, 3.8) is 0 Å². The Labute approximate surface area is 120 Å². The Hall–Kier alpha value is -1.26. The van der Waals surface area contributed by atoms with Crippen LogP contribution in [0.1, 0.15) is 29.6 Å². The number of hydrogen-bond donors (Lipinski definition) is 1. The monoisotopic (exact) mass is 301 g/mol. The average Bonchev–Trinajstić information content (AvgIpc) is 2.40. The van der Waals surface area contributed by atoms with E-state index in [2.05, 4.69) is 0 Å². The maximum Gasteiger partial charge on any atom is 0.326 e. The molecule has 0 spiro atoms. The van der Waals surface area contributed by atoms with E-state index in [9.17, 15) is 14.7 Å². The molecule has 0 bridgehead atoms. The highest BCUT2D eigenvalue weighted by atomic mass is 35.5. The summed E-state index contributed by atoms with van der Waals surface area (Å²) in [5.74, 6) is -1.36. The van der Waals surface area contributed by atoms with Crippen LogP contribution >= 0.6 is 23.2 Å². The third-order valence-corrected chi connectivity index (χ3v) is 3.77. The molecule has 1 N–H and O–H groups in total. The summed E-state index contributed by atoms with van der Waals surface area (Å²) in [7, 11) is 0. The zero-order valence-corrected chi connectivity index (χ0v) is 11.6. The summed E-state index contributed by atoms with van der Waals surface area (Å²) in [6, 6.07) is 3.82. The van der Waals surface area contributed by atoms with Crippen molar-refractivity contribution in [1.82, 2.24) is 4.90 Å². The minimum absolute atomic E-state index is 0.252. The second kappa shape index (κ2) is 5.80. The molecular weight excluding hydrogens is 289 g/mol. The van der Waals surface area contributed by atoms with Gasteiger partial charge in [-0.15, -0.1) is 0 Å². The fraction of sp³-hybridized carbons (Fsp3) is 0.385. The highest BCUT2D eigenvalue weighted by molar-refractivity contribution is 6.35. The lowest BCUT2D eigenvalue weighted by molar-refractivity contribution is -0.143. The molecule has 0 radical (unpaired) electrons. The van der Waals surface area contributed by atoms with Crippen LogP contribution in [0.25, 0.3) is 0 Å². The first kappa shape index (κ1) is 14.2. The summed E-state index contributed by atoms with van der Waals surface area (Å²) in [6.45, 7) is 0.429. The van der Waals surface area contributed by atoms with E-state index < -0.39 is 12.0 Å². The number of benzene rings is 1. The minimum atomic E-state index is -0.980. The summed E-state index contributed by atoms with van der Waals surface area (Å²) in [6.07, 6.45) is 2.08. The number of nitrogens with zero attached hydrogens (tertiary/aromatic N) is 1. The van der Waals surface area contributed by atoms with Crippen molar-refractivity contribution in [3.8, 4) is 0 Å². The smallest absolute Gasteiger partial charge is 0.326 e. The number of aliphatic carboxylic acids is 1. The summed E-state index contributed by atoms with van der Waals surface area (Å²) in [5.41, 5.74) is 0.252. The van der Waals surface area contributed by atoms with Crippen LogP contribution in [-0.4, -0.2) is 34.5 Å². The Morgan fingerprint density at radius 2 is 2.00 bits per heavy atom. The summed E-state index contributed by atoms with van der Waals surface area (Å²) in [5, 5.41) is 9.86. The van der Waals surface area contributed by atoms with Crippen molar-refractivity contribution in [3.05, 3.63) is 33.8 Å². The molecule has 6 heteroatoms. The van der Waals surface area contributed by atoms with E-state index in [1.165, 1.54) is 17.0 Å². The average molecular weight is 302 g/mol. The van der Waals surface area contributed by atoms with E-state index in [1.54, 1.807) is 6.07 Å². The van der Waals surface area contributed by atoms with Gasteiger partial charge in [-0.1, -0.05) is 23.2 Å². The van der Waals surface area contributed by atoms with E-state index in [0.717, 1.165) is 12.8 Å². The summed E-state index contributed by atoms with van der Waals surface area (Å²) in [4.78, 5) is 25.0. The second-order valence-electron chi connectivity index (χ2n) is 4.47. The molecule has 1 heterocycles. The number of piperidine rings is 1. The van der Waals surface area contributed by atoms with E-state index in [0.29, 0.717) is 18.0 Å². The van der Waals surface area contributed by atoms with Crippen molar-refractivity contribution >= 4 is 35.1 Å². The number of carboxylic acid groups (broad SMARTS) is 1. The molecule has 1 aromatic carbocycles. The minimum Gasteiger partial charge on any atom is -0.480 e. The van der Waals surface area contributed by atoms with Crippen molar-refractivity contribution < 1.29 is 14.7 Å². The number of hydrogen-bond acceptors (Lipinski definition) is 2. The predicted molar refractivity (Wildman–Crippen MR) is 72.8 cm³/mol. The third kappa shape index (κ3) is 3.01. The second-order valence-corrected chi connectivity index (χ2v) is 5.32. The van der Waals surface area contributed by atoms with Crippen LogP contribution in [-0.2, 0) is 4.79 Å². The number of likely N-dealkylation sites (tertiary alicyclic amines) is 1. The van der Waals surface area contributed by atoms with Crippen molar-refractivity contribution in [1.29, 1.82) is 0 Å². The molecule has 4 nitrogen and oxygen atoms in total. The van der Waals surface area contributed by atoms with Crippen molar-refractivity contribution in [2.45, 2.75) is 25.3 Å². The first-order valence-electron chi connectivity index (χ1n) is 5.99. The molecule has 1 aliphatic heterocycles. The molecule has 1 aliphatic rings. The first-order valence-corrected chi connectivity index (χ1v) is 6.75. The van der Waals surface area contributed by atoms with Crippen molar-refractivity contribution in [2.24, 2.45) is 0 Å². The Morgan fingerprint density at radius 1 is 1.26 bits per heavy atom. The lowest BCUT2D eigenvalue weighted by atomic mass is 10.0. The van der Waals surface area contributed by atoms with Gasteiger partial charge in [-0.05, 0) is 37.5 Å². The van der Waals surface area contributed by atoms with Crippen LogP contribution < -0.4 is 0 Å². The fourth-order valence-electron chi connectivity index (χ4n) is 2.25. The number of carbonyl (C=O) groups excluding carboxylic acids is 1. The highest BCUT2D eigenvalue weighted by Gasteiger charge is 2.33. The van der Waals surface area contributed by atoms with E-state index in [4.69, 9.17) is 23.2 Å². The molecule has 1 aromatic rings. The quantitative estimate of drug-likeness (QED) is 0.913. The standard InChI is InChI=1S/C13H13Cl2NO3/c14-8-4-5-10(15)9(7-8)12(17)16-6-2-1-3-11(16)13(18)19/h4-5,7,11H,1-3,6H2,(H,18,19)/t11-/m0/s1. The maximum atomic E-state index is 12.4. The molecule has 0 saturated carbocycles. The topological polar surface area (TPSA) is 57.6 Å². The van der Waals surface area contributed by atoms with Crippen LogP contribution in [0.2, 0.25) is 10.0 Å². The van der Waals surface area contributed by atoms with Crippen LogP contribution in [0.4, 0.5) is 0 Å². The number of halogens is 2. The Kier molecular flexibility index (Phi) is 4.32. The molecule has 2 rings (SSSR count). The molecule has 0 aromatic heterocycles. The number of carboxylic acids is 1. The SMILES string of the molecule is O=C(O)[C@@H]1CCCCN1C(=O)c1cc(Cl)ccc1Cl. The number of carbonyl (C=O) groups is 2. The number of amides is 1. The zero-order chi connectivity index (χ0) is 14.0. The van der Waals surface area contributed by atoms with Gasteiger partial charge in [-0.25, -0.2) is 4.79 Å². The molecule has 102 valence electrons. The summed E-state index contributed by atoms with van der Waals surface area (Å²) >= 11 is 11.8. The molecule has 1 atom stereocenters. The zero-order valence-electron chi connectivity index (χ0n) is 10.1. The molecular formula is C13H13Cl2NO3. The molecule has 1 fully saturated rings. The van der Waals surface area contributed by atoms with Gasteiger partial charge >= 0.3 is 5.97 Å². The molecule has 0 unspecified atom stereocenters. The van der Waals surface area contributed by atoms with Crippen molar-refractivity contribution in [2.75, 3.05) is 6.54 Å². The lowest BCUT2D eigenvalue weighted by Gasteiger charge is -2.33.